The van der Waals surface area contributed by atoms with Crippen LogP contribution in [0.15, 0.2) is 35.5 Å². The predicted molar refractivity (Wildman–Crippen MR) is 106 cm³/mol. The van der Waals surface area contributed by atoms with Gasteiger partial charge in [-0.3, -0.25) is 9.36 Å². The first-order valence-electron chi connectivity index (χ1n) is 8.97. The first kappa shape index (κ1) is 19.9. The normalized spacial score (nSPS) is 19.7. The van der Waals surface area contributed by atoms with E-state index in [1.807, 2.05) is 55.7 Å². The number of carbonyl (C=O) groups is 1. The summed E-state index contributed by atoms with van der Waals surface area (Å²) in [5.41, 5.74) is 0.941. The SMILES string of the molecule is CCN(C(=O)[C@@H](C)Sc1nnc(C)n1-c1ccccc1)[C@H]1CCS(=O)(=O)C1. The number of amides is 1. The minimum atomic E-state index is -3.04. The van der Waals surface area contributed by atoms with Gasteiger partial charge in [-0.05, 0) is 39.3 Å². The summed E-state index contributed by atoms with van der Waals surface area (Å²) in [5, 5.41) is 8.64. The van der Waals surface area contributed by atoms with E-state index in [2.05, 4.69) is 10.2 Å². The molecule has 7 nitrogen and oxygen atoms in total. The lowest BCUT2D eigenvalue weighted by atomic mass is 10.2. The molecule has 2 heterocycles. The number of sulfone groups is 1. The minimum absolute atomic E-state index is 0.0588. The topological polar surface area (TPSA) is 85.2 Å². The van der Waals surface area contributed by atoms with Gasteiger partial charge in [0, 0.05) is 18.3 Å². The van der Waals surface area contributed by atoms with Gasteiger partial charge in [0.25, 0.3) is 0 Å². The summed E-state index contributed by atoms with van der Waals surface area (Å²) in [6.07, 6.45) is 0.513. The third-order valence-corrected chi connectivity index (χ3v) is 7.49. The number of para-hydroxylation sites is 1. The molecule has 1 fully saturated rings. The molecule has 2 atom stereocenters. The lowest BCUT2D eigenvalue weighted by Crippen LogP contribution is -2.44. The third-order valence-electron chi connectivity index (χ3n) is 4.71. The molecule has 27 heavy (non-hydrogen) atoms. The molecular weight excluding hydrogens is 384 g/mol. The predicted octanol–water partition coefficient (Wildman–Crippen LogP) is 2.09. The highest BCUT2D eigenvalue weighted by molar-refractivity contribution is 8.00. The molecule has 1 aliphatic heterocycles. The largest absolute Gasteiger partial charge is 0.338 e. The van der Waals surface area contributed by atoms with Crippen LogP contribution in [-0.2, 0) is 14.6 Å². The van der Waals surface area contributed by atoms with Crippen LogP contribution in [0, 0.1) is 6.92 Å². The van der Waals surface area contributed by atoms with Crippen LogP contribution in [0.5, 0.6) is 0 Å². The molecule has 1 amide bonds. The maximum Gasteiger partial charge on any atom is 0.236 e. The Kier molecular flexibility index (Phi) is 5.90. The highest BCUT2D eigenvalue weighted by Gasteiger charge is 2.35. The van der Waals surface area contributed by atoms with Crippen LogP contribution in [-0.4, -0.2) is 63.3 Å². The molecule has 0 bridgehead atoms. The molecular formula is C18H24N4O3S2. The summed E-state index contributed by atoms with van der Waals surface area (Å²) in [4.78, 5) is 14.7. The van der Waals surface area contributed by atoms with Crippen molar-refractivity contribution in [2.24, 2.45) is 0 Å². The van der Waals surface area contributed by atoms with Gasteiger partial charge in [-0.15, -0.1) is 10.2 Å². The molecule has 146 valence electrons. The van der Waals surface area contributed by atoms with Crippen LogP contribution in [0.1, 0.15) is 26.1 Å². The van der Waals surface area contributed by atoms with E-state index in [-0.39, 0.29) is 28.7 Å². The second-order valence-electron chi connectivity index (χ2n) is 6.64. The van der Waals surface area contributed by atoms with Gasteiger partial charge in [0.1, 0.15) is 5.82 Å². The molecule has 1 aromatic carbocycles. The fourth-order valence-corrected chi connectivity index (χ4v) is 6.06. The molecule has 3 rings (SSSR count). The van der Waals surface area contributed by atoms with E-state index in [9.17, 15) is 13.2 Å². The molecule has 0 saturated carbocycles. The average Bonchev–Trinajstić information content (AvgIpc) is 3.18. The van der Waals surface area contributed by atoms with E-state index < -0.39 is 9.84 Å². The van der Waals surface area contributed by atoms with Crippen molar-refractivity contribution in [1.82, 2.24) is 19.7 Å². The fraction of sp³-hybridized carbons (Fsp3) is 0.500. The Balaban J connectivity index is 1.77. The summed E-state index contributed by atoms with van der Waals surface area (Å²) >= 11 is 1.35. The van der Waals surface area contributed by atoms with E-state index in [0.717, 1.165) is 11.5 Å². The molecule has 9 heteroatoms. The van der Waals surface area contributed by atoms with Crippen LogP contribution in [0.3, 0.4) is 0 Å². The highest BCUT2D eigenvalue weighted by Crippen LogP contribution is 2.28. The van der Waals surface area contributed by atoms with Gasteiger partial charge in [-0.2, -0.15) is 0 Å². The zero-order valence-corrected chi connectivity index (χ0v) is 17.3. The summed E-state index contributed by atoms with van der Waals surface area (Å²) in [5.74, 6) is 0.899. The van der Waals surface area contributed by atoms with E-state index in [0.29, 0.717) is 18.1 Å². The van der Waals surface area contributed by atoms with Gasteiger partial charge in [-0.1, -0.05) is 30.0 Å². The van der Waals surface area contributed by atoms with Crippen molar-refractivity contribution in [3.05, 3.63) is 36.2 Å². The van der Waals surface area contributed by atoms with Gasteiger partial charge in [-0.25, -0.2) is 8.42 Å². The Morgan fingerprint density at radius 3 is 2.63 bits per heavy atom. The molecule has 1 aliphatic rings. The van der Waals surface area contributed by atoms with Crippen molar-refractivity contribution in [3.63, 3.8) is 0 Å². The van der Waals surface area contributed by atoms with Crippen molar-refractivity contribution in [2.75, 3.05) is 18.1 Å². The lowest BCUT2D eigenvalue weighted by Gasteiger charge is -2.29. The number of rotatable bonds is 6. The van der Waals surface area contributed by atoms with Gasteiger partial charge >= 0.3 is 0 Å². The second-order valence-corrected chi connectivity index (χ2v) is 10.2. The van der Waals surface area contributed by atoms with Crippen LogP contribution >= 0.6 is 11.8 Å². The first-order valence-corrected chi connectivity index (χ1v) is 11.7. The standard InChI is InChI=1S/C18H24N4O3S2/c1-4-21(16-10-11-27(24,25)12-16)17(23)13(2)26-18-20-19-14(3)22(18)15-8-6-5-7-9-15/h5-9,13,16H,4,10-12H2,1-3H3/t13-,16+/m1/s1. The molecule has 0 N–H and O–H groups in total. The van der Waals surface area contributed by atoms with Crippen LogP contribution in [0.2, 0.25) is 0 Å². The number of aromatic nitrogens is 3. The Labute approximate surface area is 164 Å². The average molecular weight is 409 g/mol. The summed E-state index contributed by atoms with van der Waals surface area (Å²) in [6.45, 7) is 6.09. The molecule has 2 aromatic rings. The van der Waals surface area contributed by atoms with Crippen LogP contribution in [0.4, 0.5) is 0 Å². The molecule has 0 radical (unpaired) electrons. The molecule has 0 aliphatic carbocycles. The van der Waals surface area contributed by atoms with Crippen molar-refractivity contribution in [3.8, 4) is 5.69 Å². The second kappa shape index (κ2) is 8.02. The Morgan fingerprint density at radius 2 is 2.04 bits per heavy atom. The number of carbonyl (C=O) groups excluding carboxylic acids is 1. The minimum Gasteiger partial charge on any atom is -0.338 e. The number of nitrogens with zero attached hydrogens (tertiary/aromatic N) is 4. The van der Waals surface area contributed by atoms with Gasteiger partial charge in [0.05, 0.1) is 16.8 Å². The van der Waals surface area contributed by atoms with Gasteiger partial charge in [0.2, 0.25) is 5.91 Å². The van der Waals surface area contributed by atoms with Gasteiger partial charge in [0.15, 0.2) is 15.0 Å². The number of benzene rings is 1. The quantitative estimate of drug-likeness (QED) is 0.681. The van der Waals surface area contributed by atoms with Crippen molar-refractivity contribution in [2.45, 2.75) is 43.6 Å². The number of hydrogen-bond acceptors (Lipinski definition) is 6. The summed E-state index contributed by atoms with van der Waals surface area (Å²) in [7, 11) is -3.04. The Hall–Kier alpha value is -1.87. The maximum absolute atomic E-state index is 13.0. The monoisotopic (exact) mass is 408 g/mol. The van der Waals surface area contributed by atoms with E-state index in [1.165, 1.54) is 11.8 Å². The van der Waals surface area contributed by atoms with Crippen LogP contribution < -0.4 is 0 Å². The lowest BCUT2D eigenvalue weighted by molar-refractivity contribution is -0.131. The Bertz CT molecular complexity index is 912. The number of thioether (sulfide) groups is 1. The van der Waals surface area contributed by atoms with Crippen LogP contribution in [0.25, 0.3) is 5.69 Å². The smallest absolute Gasteiger partial charge is 0.236 e. The van der Waals surface area contributed by atoms with E-state index >= 15 is 0 Å². The van der Waals surface area contributed by atoms with E-state index in [1.54, 1.807) is 4.90 Å². The third kappa shape index (κ3) is 4.35. The Morgan fingerprint density at radius 1 is 1.33 bits per heavy atom. The van der Waals surface area contributed by atoms with Gasteiger partial charge < -0.3 is 4.90 Å². The summed E-state index contributed by atoms with van der Waals surface area (Å²) < 4.78 is 25.5. The van der Waals surface area contributed by atoms with Crippen molar-refractivity contribution in [1.29, 1.82) is 0 Å². The van der Waals surface area contributed by atoms with Crippen molar-refractivity contribution < 1.29 is 13.2 Å². The molecule has 0 spiro atoms. The zero-order chi connectivity index (χ0) is 19.6. The van der Waals surface area contributed by atoms with Crippen molar-refractivity contribution >= 4 is 27.5 Å². The first-order chi connectivity index (χ1) is 12.8. The fourth-order valence-electron chi connectivity index (χ4n) is 3.35. The highest BCUT2D eigenvalue weighted by atomic mass is 32.2. The zero-order valence-electron chi connectivity index (χ0n) is 15.7. The van der Waals surface area contributed by atoms with E-state index in [4.69, 9.17) is 0 Å². The maximum atomic E-state index is 13.0. The molecule has 1 aromatic heterocycles. The molecule has 0 unspecified atom stereocenters. The number of aryl methyl sites for hydroxylation is 1. The number of hydrogen-bond donors (Lipinski definition) is 0. The summed E-state index contributed by atoms with van der Waals surface area (Å²) in [6, 6.07) is 9.53. The molecule has 1 saturated heterocycles.